The van der Waals surface area contributed by atoms with Crippen LogP contribution in [0.3, 0.4) is 0 Å². The summed E-state index contributed by atoms with van der Waals surface area (Å²) in [6.45, 7) is 0.191. The van der Waals surface area contributed by atoms with Crippen LogP contribution in [0.15, 0.2) is 29.5 Å². The molecule has 7 heteroatoms. The molecule has 1 N–H and O–H groups in total. The first kappa shape index (κ1) is 11.1. The molecule has 2 aromatic rings. The van der Waals surface area contributed by atoms with Gasteiger partial charge < -0.3 is 9.67 Å². The fraction of sp³-hybridized carbons (Fsp3) is 0.200. The van der Waals surface area contributed by atoms with E-state index in [2.05, 4.69) is 10.1 Å². The third kappa shape index (κ3) is 2.22. The first-order valence-electron chi connectivity index (χ1n) is 4.84. The normalized spacial score (nSPS) is 10.4. The molecule has 0 fully saturated rings. The van der Waals surface area contributed by atoms with Crippen LogP contribution in [0.5, 0.6) is 0 Å². The molecule has 0 bridgehead atoms. The summed E-state index contributed by atoms with van der Waals surface area (Å²) in [6, 6.07) is 2.37. The third-order valence-electron chi connectivity index (χ3n) is 2.31. The predicted octanol–water partition coefficient (Wildman–Crippen LogP) is -0.277. The number of carboxylic acid groups (broad SMARTS) is 1. The molecule has 0 atom stereocenters. The summed E-state index contributed by atoms with van der Waals surface area (Å²) < 4.78 is 2.84. The quantitative estimate of drug-likeness (QED) is 0.789. The summed E-state index contributed by atoms with van der Waals surface area (Å²) in [5.41, 5.74) is 0.255. The van der Waals surface area contributed by atoms with Crippen molar-refractivity contribution in [3.8, 4) is 0 Å². The lowest BCUT2D eigenvalue weighted by Gasteiger charge is -2.05. The lowest BCUT2D eigenvalue weighted by Crippen LogP contribution is -2.25. The zero-order chi connectivity index (χ0) is 12.4. The van der Waals surface area contributed by atoms with Crippen molar-refractivity contribution in [3.05, 3.63) is 46.4 Å². The molecule has 0 radical (unpaired) electrons. The molecule has 0 spiro atoms. The molecule has 0 saturated carbocycles. The van der Waals surface area contributed by atoms with Crippen LogP contribution in [-0.4, -0.2) is 30.4 Å². The van der Waals surface area contributed by atoms with E-state index in [4.69, 9.17) is 5.11 Å². The number of aromatic carboxylic acids is 1. The van der Waals surface area contributed by atoms with Gasteiger partial charge in [0.05, 0.1) is 24.8 Å². The van der Waals surface area contributed by atoms with Crippen molar-refractivity contribution in [2.24, 2.45) is 7.05 Å². The topological polar surface area (TPSA) is 90.0 Å². The molecular weight excluding hydrogens is 224 g/mol. The summed E-state index contributed by atoms with van der Waals surface area (Å²) in [4.78, 5) is 26.2. The smallest absolute Gasteiger partial charge is 0.356 e. The molecule has 2 rings (SSSR count). The molecule has 7 nitrogen and oxygen atoms in total. The average molecular weight is 234 g/mol. The average Bonchev–Trinajstić information content (AvgIpc) is 2.67. The van der Waals surface area contributed by atoms with Crippen molar-refractivity contribution in [2.75, 3.05) is 0 Å². The van der Waals surface area contributed by atoms with E-state index in [1.807, 2.05) is 0 Å². The van der Waals surface area contributed by atoms with Gasteiger partial charge in [0.1, 0.15) is 0 Å². The fourth-order valence-corrected chi connectivity index (χ4v) is 1.37. The molecular formula is C10H10N4O3. The Bertz CT molecular complexity index is 614. The van der Waals surface area contributed by atoms with Gasteiger partial charge in [-0.3, -0.25) is 4.79 Å². The fourth-order valence-electron chi connectivity index (χ4n) is 1.37. The molecule has 2 heterocycles. The molecule has 0 amide bonds. The number of carbonyl (C=O) groups is 1. The Balaban J connectivity index is 2.39. The minimum Gasteiger partial charge on any atom is -0.476 e. The van der Waals surface area contributed by atoms with Crippen molar-refractivity contribution in [1.29, 1.82) is 0 Å². The van der Waals surface area contributed by atoms with Crippen molar-refractivity contribution in [2.45, 2.75) is 6.54 Å². The summed E-state index contributed by atoms with van der Waals surface area (Å²) in [6.07, 6.45) is 3.20. The van der Waals surface area contributed by atoms with Crippen molar-refractivity contribution in [1.82, 2.24) is 19.3 Å². The Kier molecular flexibility index (Phi) is 2.73. The molecule has 0 saturated heterocycles. The van der Waals surface area contributed by atoms with E-state index < -0.39 is 5.97 Å². The van der Waals surface area contributed by atoms with Crippen LogP contribution in [0, 0.1) is 0 Å². The van der Waals surface area contributed by atoms with Gasteiger partial charge in [0, 0.05) is 13.1 Å². The van der Waals surface area contributed by atoms with Gasteiger partial charge in [-0.15, -0.1) is 0 Å². The number of hydrogen-bond acceptors (Lipinski definition) is 4. The third-order valence-corrected chi connectivity index (χ3v) is 2.31. The molecule has 2 aromatic heterocycles. The van der Waals surface area contributed by atoms with Gasteiger partial charge in [-0.25, -0.2) is 14.5 Å². The van der Waals surface area contributed by atoms with E-state index in [0.29, 0.717) is 0 Å². The van der Waals surface area contributed by atoms with Gasteiger partial charge in [-0.05, 0) is 6.07 Å². The zero-order valence-corrected chi connectivity index (χ0v) is 9.07. The Morgan fingerprint density at radius 1 is 1.47 bits per heavy atom. The number of aryl methyl sites for hydroxylation is 1. The second-order valence-corrected chi connectivity index (χ2v) is 3.52. The standard InChI is InChI=1S/C10H10N4O3/c1-13-6-11-4-7(13)5-14-9(15)3-2-8(12-14)10(16)17/h2-4,6H,5H2,1H3,(H,16,17). The highest BCUT2D eigenvalue weighted by atomic mass is 16.4. The minimum absolute atomic E-state index is 0.160. The molecule has 0 aliphatic heterocycles. The number of imidazole rings is 1. The van der Waals surface area contributed by atoms with Crippen LogP contribution in [0.25, 0.3) is 0 Å². The Labute approximate surface area is 96.0 Å². The van der Waals surface area contributed by atoms with E-state index >= 15 is 0 Å². The summed E-state index contributed by atoms with van der Waals surface area (Å²) in [5, 5.41) is 12.5. The number of carboxylic acids is 1. The molecule has 0 aliphatic carbocycles. The highest BCUT2D eigenvalue weighted by Crippen LogP contribution is 1.98. The second-order valence-electron chi connectivity index (χ2n) is 3.52. The maximum absolute atomic E-state index is 11.5. The largest absolute Gasteiger partial charge is 0.476 e. The molecule has 0 aliphatic rings. The maximum Gasteiger partial charge on any atom is 0.356 e. The second kappa shape index (κ2) is 4.20. The van der Waals surface area contributed by atoms with Crippen LogP contribution >= 0.6 is 0 Å². The first-order valence-corrected chi connectivity index (χ1v) is 4.84. The molecule has 17 heavy (non-hydrogen) atoms. The number of aromatic nitrogens is 4. The van der Waals surface area contributed by atoms with E-state index in [0.717, 1.165) is 10.4 Å². The Morgan fingerprint density at radius 2 is 2.24 bits per heavy atom. The SMILES string of the molecule is Cn1cncc1Cn1nc(C(=O)O)ccc1=O. The van der Waals surface area contributed by atoms with Gasteiger partial charge in [-0.2, -0.15) is 5.10 Å². The van der Waals surface area contributed by atoms with E-state index in [1.54, 1.807) is 24.1 Å². The molecule has 88 valence electrons. The predicted molar refractivity (Wildman–Crippen MR) is 57.8 cm³/mol. The van der Waals surface area contributed by atoms with E-state index in [9.17, 15) is 9.59 Å². The van der Waals surface area contributed by atoms with Crippen LogP contribution < -0.4 is 5.56 Å². The van der Waals surface area contributed by atoms with Crippen LogP contribution in [0.2, 0.25) is 0 Å². The van der Waals surface area contributed by atoms with Gasteiger partial charge >= 0.3 is 5.97 Å². The van der Waals surface area contributed by atoms with Gasteiger partial charge in [0.2, 0.25) is 0 Å². The van der Waals surface area contributed by atoms with Gasteiger partial charge in [-0.1, -0.05) is 0 Å². The van der Waals surface area contributed by atoms with E-state index in [-0.39, 0.29) is 17.8 Å². The van der Waals surface area contributed by atoms with Crippen LogP contribution in [0.4, 0.5) is 0 Å². The van der Waals surface area contributed by atoms with Crippen LogP contribution in [-0.2, 0) is 13.6 Å². The van der Waals surface area contributed by atoms with Crippen molar-refractivity contribution >= 4 is 5.97 Å². The van der Waals surface area contributed by atoms with Gasteiger partial charge in [0.15, 0.2) is 5.69 Å². The Morgan fingerprint density at radius 3 is 2.82 bits per heavy atom. The lowest BCUT2D eigenvalue weighted by atomic mass is 10.4. The van der Waals surface area contributed by atoms with Gasteiger partial charge in [0.25, 0.3) is 5.56 Å². The summed E-state index contributed by atoms with van der Waals surface area (Å²) in [5.74, 6) is -1.16. The van der Waals surface area contributed by atoms with Crippen molar-refractivity contribution in [3.63, 3.8) is 0 Å². The lowest BCUT2D eigenvalue weighted by molar-refractivity contribution is 0.0687. The Hall–Kier alpha value is -2.44. The minimum atomic E-state index is -1.16. The first-order chi connectivity index (χ1) is 8.08. The number of hydrogen-bond donors (Lipinski definition) is 1. The van der Waals surface area contributed by atoms with E-state index in [1.165, 1.54) is 12.1 Å². The van der Waals surface area contributed by atoms with Crippen molar-refractivity contribution < 1.29 is 9.90 Å². The number of rotatable bonds is 3. The monoisotopic (exact) mass is 234 g/mol. The highest BCUT2D eigenvalue weighted by molar-refractivity contribution is 5.84. The highest BCUT2D eigenvalue weighted by Gasteiger charge is 2.08. The summed E-state index contributed by atoms with van der Waals surface area (Å²) >= 11 is 0. The maximum atomic E-state index is 11.5. The zero-order valence-electron chi connectivity index (χ0n) is 9.07. The number of nitrogens with zero attached hydrogens (tertiary/aromatic N) is 4. The van der Waals surface area contributed by atoms with Crippen LogP contribution in [0.1, 0.15) is 16.2 Å². The summed E-state index contributed by atoms with van der Waals surface area (Å²) in [7, 11) is 1.79. The molecule has 0 aromatic carbocycles. The molecule has 0 unspecified atom stereocenters.